The molecule has 1 fully saturated rings. The van der Waals surface area contributed by atoms with Gasteiger partial charge in [0.1, 0.15) is 22.1 Å². The van der Waals surface area contributed by atoms with Crippen molar-refractivity contribution in [1.29, 1.82) is 0 Å². The van der Waals surface area contributed by atoms with Gasteiger partial charge < -0.3 is 30.6 Å². The molecule has 5 heterocycles. The molecule has 4 aromatic rings. The zero-order valence-corrected chi connectivity index (χ0v) is 23.5. The number of carbonyl (C=O) groups is 2. The molecule has 6 rings (SSSR count). The molecule has 11 nitrogen and oxygen atoms in total. The molecule has 0 saturated carbocycles. The molecule has 1 saturated heterocycles. The van der Waals surface area contributed by atoms with Crippen molar-refractivity contribution in [3.05, 3.63) is 46.3 Å². The van der Waals surface area contributed by atoms with E-state index in [-0.39, 0.29) is 17.9 Å². The fraction of sp³-hybridized carbons (Fsp3) is 0.357. The first-order valence-electron chi connectivity index (χ1n) is 13.4. The largest absolute Gasteiger partial charge is 0.495 e. The van der Waals surface area contributed by atoms with Crippen LogP contribution in [0.1, 0.15) is 34.5 Å². The standard InChI is InChI=1S/C28H32N8O3S/c1-29-26(37)23-18(9-13-40-23)31-25-17-8-10-30-24(17)33-28(34-25)32-19-15-21-16(14-22(19)39-3)6-4-12-36(21)27(38)20-7-5-11-35(20)2/h8-10,13-15,20H,4-7,11-12H2,1-3H3,(H,29,37)(H3,30,31,32,33,34). The Morgan fingerprint density at radius 1 is 1.12 bits per heavy atom. The normalized spacial score (nSPS) is 17.1. The molecule has 4 N–H and O–H groups in total. The summed E-state index contributed by atoms with van der Waals surface area (Å²) in [5.41, 5.74) is 3.94. The van der Waals surface area contributed by atoms with Crippen LogP contribution in [0.4, 0.5) is 28.8 Å². The van der Waals surface area contributed by atoms with Crippen molar-refractivity contribution in [2.75, 3.05) is 49.8 Å². The van der Waals surface area contributed by atoms with Crippen LogP contribution in [-0.4, -0.2) is 72.0 Å². The Morgan fingerprint density at radius 2 is 2.00 bits per heavy atom. The number of aromatic nitrogens is 3. The van der Waals surface area contributed by atoms with E-state index < -0.39 is 0 Å². The molecule has 0 spiro atoms. The number of nitrogens with zero attached hydrogens (tertiary/aromatic N) is 4. The van der Waals surface area contributed by atoms with Gasteiger partial charge in [-0.2, -0.15) is 9.97 Å². The molecule has 1 atom stereocenters. The van der Waals surface area contributed by atoms with E-state index in [0.29, 0.717) is 46.0 Å². The maximum absolute atomic E-state index is 13.6. The molecule has 208 valence electrons. The number of rotatable bonds is 7. The topological polar surface area (TPSA) is 128 Å². The van der Waals surface area contributed by atoms with Gasteiger partial charge in [-0.05, 0) is 74.5 Å². The van der Waals surface area contributed by atoms with Crippen molar-refractivity contribution in [3.8, 4) is 5.75 Å². The first kappa shape index (κ1) is 26.1. The Balaban J connectivity index is 1.35. The van der Waals surface area contributed by atoms with E-state index in [4.69, 9.17) is 9.72 Å². The lowest BCUT2D eigenvalue weighted by Crippen LogP contribution is -2.46. The highest BCUT2D eigenvalue weighted by Gasteiger charge is 2.34. The number of aromatic amines is 1. The first-order chi connectivity index (χ1) is 19.5. The number of likely N-dealkylation sites (tertiary alicyclic amines) is 1. The Morgan fingerprint density at radius 3 is 2.77 bits per heavy atom. The number of likely N-dealkylation sites (N-methyl/N-ethyl adjacent to an activating group) is 1. The van der Waals surface area contributed by atoms with Crippen molar-refractivity contribution in [3.63, 3.8) is 0 Å². The van der Waals surface area contributed by atoms with Crippen LogP contribution in [0.25, 0.3) is 11.0 Å². The van der Waals surface area contributed by atoms with Gasteiger partial charge in [-0.1, -0.05) is 0 Å². The molecule has 2 amide bonds. The Bertz CT molecular complexity index is 1580. The number of fused-ring (bicyclic) bond motifs is 2. The molecule has 2 aliphatic heterocycles. The molecule has 1 aromatic carbocycles. The summed E-state index contributed by atoms with van der Waals surface area (Å²) in [7, 11) is 5.26. The van der Waals surface area contributed by atoms with Gasteiger partial charge >= 0.3 is 0 Å². The minimum atomic E-state index is -0.170. The fourth-order valence-corrected chi connectivity index (χ4v) is 6.34. The van der Waals surface area contributed by atoms with Crippen LogP contribution in [0, 0.1) is 0 Å². The monoisotopic (exact) mass is 560 g/mol. The number of nitrogens with one attached hydrogen (secondary N) is 4. The van der Waals surface area contributed by atoms with Gasteiger partial charge in [0.2, 0.25) is 11.9 Å². The molecule has 2 aliphatic rings. The van der Waals surface area contributed by atoms with Crippen LogP contribution in [0.5, 0.6) is 5.75 Å². The Hall–Kier alpha value is -4.16. The number of H-pyrrole nitrogens is 1. The number of carbonyl (C=O) groups excluding carboxylic acids is 2. The molecular formula is C28H32N8O3S. The van der Waals surface area contributed by atoms with Crippen molar-refractivity contribution < 1.29 is 14.3 Å². The van der Waals surface area contributed by atoms with E-state index in [1.54, 1.807) is 20.4 Å². The number of amides is 2. The SMILES string of the molecule is CNC(=O)c1sccc1Nc1nc(Nc2cc3c(cc2OC)CCCN3C(=O)C2CCCN2C)nc2[nH]ccc12. The number of benzene rings is 1. The van der Waals surface area contributed by atoms with E-state index in [9.17, 15) is 9.59 Å². The number of hydrogen-bond donors (Lipinski definition) is 4. The van der Waals surface area contributed by atoms with Crippen molar-refractivity contribution in [1.82, 2.24) is 25.2 Å². The fourth-order valence-electron chi connectivity index (χ4n) is 5.55. The summed E-state index contributed by atoms with van der Waals surface area (Å²) in [5, 5.41) is 12.0. The van der Waals surface area contributed by atoms with Crippen molar-refractivity contribution in [2.24, 2.45) is 0 Å². The van der Waals surface area contributed by atoms with Gasteiger partial charge in [-0.3, -0.25) is 14.5 Å². The molecule has 0 radical (unpaired) electrons. The van der Waals surface area contributed by atoms with Crippen molar-refractivity contribution >= 4 is 63.0 Å². The zero-order valence-electron chi connectivity index (χ0n) is 22.7. The first-order valence-corrected chi connectivity index (χ1v) is 14.3. The van der Waals surface area contributed by atoms with E-state index >= 15 is 0 Å². The minimum absolute atomic E-state index is 0.0894. The molecule has 12 heteroatoms. The smallest absolute Gasteiger partial charge is 0.263 e. The van der Waals surface area contributed by atoms with Crippen LogP contribution >= 0.6 is 11.3 Å². The lowest BCUT2D eigenvalue weighted by molar-refractivity contribution is -0.122. The second kappa shape index (κ2) is 10.8. The summed E-state index contributed by atoms with van der Waals surface area (Å²) in [5.74, 6) is 1.52. The predicted octanol–water partition coefficient (Wildman–Crippen LogP) is 4.25. The van der Waals surface area contributed by atoms with Crippen LogP contribution in [0.15, 0.2) is 35.8 Å². The summed E-state index contributed by atoms with van der Waals surface area (Å²) in [4.78, 5) is 43.1. The molecule has 1 unspecified atom stereocenters. The molecule has 0 bridgehead atoms. The van der Waals surface area contributed by atoms with Gasteiger partial charge in [0.25, 0.3) is 5.91 Å². The van der Waals surface area contributed by atoms with Gasteiger partial charge in [-0.15, -0.1) is 11.3 Å². The summed E-state index contributed by atoms with van der Waals surface area (Å²) in [6.07, 6.45) is 5.50. The van der Waals surface area contributed by atoms with Gasteiger partial charge in [-0.25, -0.2) is 0 Å². The highest BCUT2D eigenvalue weighted by molar-refractivity contribution is 7.12. The maximum atomic E-state index is 13.6. The van der Waals surface area contributed by atoms with E-state index in [1.807, 2.05) is 41.6 Å². The molecule has 0 aliphatic carbocycles. The Kier molecular flexibility index (Phi) is 7.03. The van der Waals surface area contributed by atoms with Gasteiger partial charge in [0.15, 0.2) is 0 Å². The van der Waals surface area contributed by atoms with Crippen LogP contribution in [-0.2, 0) is 11.2 Å². The van der Waals surface area contributed by atoms with E-state index in [2.05, 4.69) is 30.8 Å². The van der Waals surface area contributed by atoms with Gasteiger partial charge in [0.05, 0.1) is 29.9 Å². The minimum Gasteiger partial charge on any atom is -0.495 e. The van der Waals surface area contributed by atoms with Crippen LogP contribution in [0.2, 0.25) is 0 Å². The van der Waals surface area contributed by atoms with Crippen LogP contribution in [0.3, 0.4) is 0 Å². The average molecular weight is 561 g/mol. The van der Waals surface area contributed by atoms with Crippen molar-refractivity contribution in [2.45, 2.75) is 31.7 Å². The van der Waals surface area contributed by atoms with E-state index in [0.717, 1.165) is 48.9 Å². The van der Waals surface area contributed by atoms with Gasteiger partial charge in [0, 0.05) is 25.5 Å². The average Bonchev–Trinajstić information content (AvgIpc) is 3.73. The number of aryl methyl sites for hydroxylation is 1. The number of thiophene rings is 1. The highest BCUT2D eigenvalue weighted by atomic mass is 32.1. The Labute approximate surface area is 235 Å². The predicted molar refractivity (Wildman–Crippen MR) is 157 cm³/mol. The number of hydrogen-bond acceptors (Lipinski definition) is 9. The number of ether oxygens (including phenoxy) is 1. The summed E-state index contributed by atoms with van der Waals surface area (Å²) in [6.45, 7) is 1.63. The number of anilines is 5. The lowest BCUT2D eigenvalue weighted by Gasteiger charge is -2.34. The molecule has 40 heavy (non-hydrogen) atoms. The third-order valence-corrected chi connectivity index (χ3v) is 8.52. The third-order valence-electron chi connectivity index (χ3n) is 7.60. The summed E-state index contributed by atoms with van der Waals surface area (Å²) < 4.78 is 5.74. The number of methoxy groups -OCH3 is 1. The molecule has 3 aromatic heterocycles. The maximum Gasteiger partial charge on any atom is 0.263 e. The molecular weight excluding hydrogens is 528 g/mol. The van der Waals surface area contributed by atoms with Crippen LogP contribution < -0.4 is 25.6 Å². The summed E-state index contributed by atoms with van der Waals surface area (Å²) in [6, 6.07) is 7.62. The second-order valence-corrected chi connectivity index (χ2v) is 11.0. The zero-order chi connectivity index (χ0) is 27.8. The summed E-state index contributed by atoms with van der Waals surface area (Å²) >= 11 is 1.35. The highest BCUT2D eigenvalue weighted by Crippen LogP contribution is 2.39. The quantitative estimate of drug-likeness (QED) is 0.264. The second-order valence-electron chi connectivity index (χ2n) is 10.0. The lowest BCUT2D eigenvalue weighted by atomic mass is 9.99. The third kappa shape index (κ3) is 4.73. The van der Waals surface area contributed by atoms with E-state index in [1.165, 1.54) is 11.3 Å².